The van der Waals surface area contributed by atoms with Gasteiger partial charge in [0.05, 0.1) is 12.0 Å². The molecule has 1 fully saturated rings. The molecular formula is C18H15N3O4. The minimum atomic E-state index is -0.939. The van der Waals surface area contributed by atoms with E-state index < -0.39 is 11.6 Å². The third-order valence-corrected chi connectivity index (χ3v) is 3.99. The SMILES string of the molecule is CC1(C)NC(=O)N(c2ccnc(Oc3ccc4ccoc4c3)c2)C1=O. The van der Waals surface area contributed by atoms with E-state index in [0.29, 0.717) is 17.0 Å². The number of carbonyl (C=O) groups excluding carboxylic acids is 2. The molecular weight excluding hydrogens is 322 g/mol. The summed E-state index contributed by atoms with van der Waals surface area (Å²) in [6.45, 7) is 3.31. The first-order valence-electron chi connectivity index (χ1n) is 7.72. The summed E-state index contributed by atoms with van der Waals surface area (Å²) in [5.74, 6) is 0.491. The van der Waals surface area contributed by atoms with Crippen LogP contribution in [0.2, 0.25) is 0 Å². The van der Waals surface area contributed by atoms with Crippen molar-refractivity contribution in [3.8, 4) is 11.6 Å². The van der Waals surface area contributed by atoms with Crippen LogP contribution in [0.4, 0.5) is 10.5 Å². The van der Waals surface area contributed by atoms with Crippen LogP contribution < -0.4 is 15.0 Å². The molecule has 3 amide bonds. The topological polar surface area (TPSA) is 84.7 Å². The Morgan fingerprint density at radius 2 is 2.00 bits per heavy atom. The van der Waals surface area contributed by atoms with Gasteiger partial charge in [-0.15, -0.1) is 0 Å². The van der Waals surface area contributed by atoms with Crippen LogP contribution in [0.3, 0.4) is 0 Å². The third kappa shape index (κ3) is 2.59. The highest BCUT2D eigenvalue weighted by molar-refractivity contribution is 6.23. The molecule has 0 saturated carbocycles. The quantitative estimate of drug-likeness (QED) is 0.740. The van der Waals surface area contributed by atoms with Gasteiger partial charge in [0.1, 0.15) is 16.9 Å². The molecule has 25 heavy (non-hydrogen) atoms. The summed E-state index contributed by atoms with van der Waals surface area (Å²) >= 11 is 0. The van der Waals surface area contributed by atoms with E-state index in [1.54, 1.807) is 44.4 Å². The van der Waals surface area contributed by atoms with Crippen LogP contribution in [-0.4, -0.2) is 22.5 Å². The van der Waals surface area contributed by atoms with Crippen molar-refractivity contribution in [2.45, 2.75) is 19.4 Å². The molecule has 1 aromatic carbocycles. The van der Waals surface area contributed by atoms with E-state index in [0.717, 1.165) is 10.3 Å². The fourth-order valence-electron chi connectivity index (χ4n) is 2.70. The molecule has 0 bridgehead atoms. The number of rotatable bonds is 3. The van der Waals surface area contributed by atoms with Crippen LogP contribution in [0.5, 0.6) is 11.6 Å². The van der Waals surface area contributed by atoms with Crippen molar-refractivity contribution in [1.82, 2.24) is 10.3 Å². The van der Waals surface area contributed by atoms with Gasteiger partial charge in [0.15, 0.2) is 0 Å². The number of hydrogen-bond donors (Lipinski definition) is 1. The Hall–Kier alpha value is -3.35. The second kappa shape index (κ2) is 5.34. The summed E-state index contributed by atoms with van der Waals surface area (Å²) in [5.41, 5.74) is 0.160. The van der Waals surface area contributed by atoms with E-state index in [1.165, 1.54) is 6.20 Å². The predicted molar refractivity (Wildman–Crippen MR) is 90.6 cm³/mol. The van der Waals surface area contributed by atoms with Crippen LogP contribution in [0.25, 0.3) is 11.0 Å². The summed E-state index contributed by atoms with van der Waals surface area (Å²) in [7, 11) is 0. The number of ether oxygens (including phenoxy) is 1. The van der Waals surface area contributed by atoms with E-state index in [2.05, 4.69) is 10.3 Å². The Morgan fingerprint density at radius 3 is 2.76 bits per heavy atom. The molecule has 0 aliphatic carbocycles. The molecule has 7 heteroatoms. The van der Waals surface area contributed by atoms with Crippen LogP contribution in [0.1, 0.15) is 13.8 Å². The molecule has 0 atom stereocenters. The first-order chi connectivity index (χ1) is 11.9. The number of nitrogens with one attached hydrogen (secondary N) is 1. The average Bonchev–Trinajstić information content (AvgIpc) is 3.09. The monoisotopic (exact) mass is 337 g/mol. The largest absolute Gasteiger partial charge is 0.464 e. The highest BCUT2D eigenvalue weighted by Gasteiger charge is 2.45. The smallest absolute Gasteiger partial charge is 0.329 e. The van der Waals surface area contributed by atoms with Crippen molar-refractivity contribution in [2.75, 3.05) is 4.90 Å². The lowest BCUT2D eigenvalue weighted by molar-refractivity contribution is -0.121. The van der Waals surface area contributed by atoms with E-state index in [9.17, 15) is 9.59 Å². The normalized spacial score (nSPS) is 16.3. The zero-order chi connectivity index (χ0) is 17.6. The molecule has 0 radical (unpaired) electrons. The van der Waals surface area contributed by atoms with Gasteiger partial charge in [0.25, 0.3) is 5.91 Å². The lowest BCUT2D eigenvalue weighted by atomic mass is 10.1. The van der Waals surface area contributed by atoms with Gasteiger partial charge in [-0.05, 0) is 38.1 Å². The van der Waals surface area contributed by atoms with Gasteiger partial charge in [-0.3, -0.25) is 4.79 Å². The molecule has 1 saturated heterocycles. The number of furan rings is 1. The molecule has 7 nitrogen and oxygen atoms in total. The Morgan fingerprint density at radius 1 is 1.16 bits per heavy atom. The first-order valence-corrected chi connectivity index (χ1v) is 7.72. The number of carbonyl (C=O) groups is 2. The van der Waals surface area contributed by atoms with Gasteiger partial charge >= 0.3 is 6.03 Å². The Balaban J connectivity index is 1.63. The summed E-state index contributed by atoms with van der Waals surface area (Å²) in [5, 5.41) is 3.61. The van der Waals surface area contributed by atoms with Crippen molar-refractivity contribution in [3.63, 3.8) is 0 Å². The highest BCUT2D eigenvalue weighted by atomic mass is 16.5. The summed E-state index contributed by atoms with van der Waals surface area (Å²) < 4.78 is 11.1. The lowest BCUT2D eigenvalue weighted by Gasteiger charge is -2.16. The van der Waals surface area contributed by atoms with Gasteiger partial charge in [-0.25, -0.2) is 14.7 Å². The summed E-state index contributed by atoms with van der Waals surface area (Å²) in [6.07, 6.45) is 3.09. The molecule has 126 valence electrons. The number of hydrogen-bond acceptors (Lipinski definition) is 5. The number of benzene rings is 1. The van der Waals surface area contributed by atoms with Crippen LogP contribution in [0.15, 0.2) is 53.3 Å². The number of fused-ring (bicyclic) bond motifs is 1. The van der Waals surface area contributed by atoms with Crippen LogP contribution in [0, 0.1) is 0 Å². The minimum Gasteiger partial charge on any atom is -0.464 e. The number of amides is 3. The number of pyridine rings is 1. The Labute approximate surface area is 143 Å². The number of imide groups is 1. The molecule has 4 rings (SSSR count). The number of urea groups is 1. The van der Waals surface area contributed by atoms with Crippen LogP contribution >= 0.6 is 0 Å². The zero-order valence-electron chi connectivity index (χ0n) is 13.6. The van der Waals surface area contributed by atoms with E-state index in [1.807, 2.05) is 12.1 Å². The molecule has 2 aromatic heterocycles. The summed E-state index contributed by atoms with van der Waals surface area (Å²) in [4.78, 5) is 29.7. The third-order valence-electron chi connectivity index (χ3n) is 3.99. The zero-order valence-corrected chi connectivity index (χ0v) is 13.6. The van der Waals surface area contributed by atoms with Gasteiger partial charge < -0.3 is 14.5 Å². The van der Waals surface area contributed by atoms with Crippen molar-refractivity contribution in [2.24, 2.45) is 0 Å². The fourth-order valence-corrected chi connectivity index (χ4v) is 2.70. The Bertz CT molecular complexity index is 993. The minimum absolute atomic E-state index is 0.272. The maximum atomic E-state index is 12.4. The molecule has 3 aromatic rings. The van der Waals surface area contributed by atoms with Gasteiger partial charge in [0, 0.05) is 23.7 Å². The van der Waals surface area contributed by atoms with Crippen molar-refractivity contribution in [1.29, 1.82) is 0 Å². The second-order valence-electron chi connectivity index (χ2n) is 6.27. The van der Waals surface area contributed by atoms with Gasteiger partial charge in [-0.1, -0.05) is 0 Å². The van der Waals surface area contributed by atoms with E-state index >= 15 is 0 Å². The highest BCUT2D eigenvalue weighted by Crippen LogP contribution is 2.29. The fraction of sp³-hybridized carbons (Fsp3) is 0.167. The number of anilines is 1. The predicted octanol–water partition coefficient (Wildman–Crippen LogP) is 3.45. The number of aromatic nitrogens is 1. The molecule has 1 N–H and O–H groups in total. The summed E-state index contributed by atoms with van der Waals surface area (Å²) in [6, 6.07) is 9.94. The molecule has 1 aliphatic heterocycles. The number of nitrogens with zero attached hydrogens (tertiary/aromatic N) is 2. The van der Waals surface area contributed by atoms with Crippen LogP contribution in [-0.2, 0) is 4.79 Å². The average molecular weight is 337 g/mol. The van der Waals surface area contributed by atoms with Crippen molar-refractivity contribution < 1.29 is 18.7 Å². The molecule has 0 unspecified atom stereocenters. The standard InChI is InChI=1S/C18H15N3O4/c1-18(2)16(22)21(17(23)20-18)12-5-7-19-15(9-12)25-13-4-3-11-6-8-24-14(11)10-13/h3-10H,1-2H3,(H,20,23). The van der Waals surface area contributed by atoms with Gasteiger partial charge in [-0.2, -0.15) is 0 Å². The molecule has 0 spiro atoms. The maximum absolute atomic E-state index is 12.4. The van der Waals surface area contributed by atoms with E-state index in [-0.39, 0.29) is 11.8 Å². The first kappa shape index (κ1) is 15.2. The second-order valence-corrected chi connectivity index (χ2v) is 6.27. The van der Waals surface area contributed by atoms with Crippen molar-refractivity contribution >= 4 is 28.6 Å². The molecule has 1 aliphatic rings. The maximum Gasteiger partial charge on any atom is 0.329 e. The Kier molecular flexibility index (Phi) is 3.24. The van der Waals surface area contributed by atoms with Gasteiger partial charge in [0.2, 0.25) is 5.88 Å². The van der Waals surface area contributed by atoms with Crippen molar-refractivity contribution in [3.05, 3.63) is 48.9 Å². The lowest BCUT2D eigenvalue weighted by Crippen LogP contribution is -2.40. The van der Waals surface area contributed by atoms with E-state index in [4.69, 9.17) is 9.15 Å². The molecule has 3 heterocycles.